The highest BCUT2D eigenvalue weighted by Crippen LogP contribution is 2.40. The Morgan fingerprint density at radius 3 is 2.46 bits per heavy atom. The molecule has 3 aliphatic rings. The molecule has 260 valence electrons. The molecular weight excluding hydrogens is 649 g/mol. The van der Waals surface area contributed by atoms with Gasteiger partial charge in [-0.05, 0) is 66.8 Å². The normalized spacial score (nSPS) is 23.2. The second-order valence-electron chi connectivity index (χ2n) is 13.0. The van der Waals surface area contributed by atoms with E-state index in [4.69, 9.17) is 10.5 Å². The molecule has 5 rings (SSSR count). The number of ketones is 1. The van der Waals surface area contributed by atoms with E-state index in [0.717, 1.165) is 35.5 Å². The summed E-state index contributed by atoms with van der Waals surface area (Å²) in [5.41, 5.74) is 7.18. The number of Topliss-reactive ketones (excluding diaryl/α,β-unsaturated/α-hetero) is 1. The highest BCUT2D eigenvalue weighted by molar-refractivity contribution is 7.89. The van der Waals surface area contributed by atoms with Gasteiger partial charge in [-0.25, -0.2) is 13.2 Å². The minimum Gasteiger partial charge on any atom is -0.467 e. The van der Waals surface area contributed by atoms with Crippen LogP contribution in [-0.4, -0.2) is 91.2 Å². The summed E-state index contributed by atoms with van der Waals surface area (Å²) < 4.78 is 74.2. The Labute approximate surface area is 278 Å². The maximum Gasteiger partial charge on any atom is 0.471 e. The van der Waals surface area contributed by atoms with Crippen LogP contribution in [0.4, 0.5) is 13.2 Å². The number of rotatable bonds is 9. The van der Waals surface area contributed by atoms with Crippen LogP contribution in [0.25, 0.3) is 0 Å². The molecule has 2 aromatic carbocycles. The molecule has 0 aromatic heterocycles. The summed E-state index contributed by atoms with van der Waals surface area (Å²) in [6.45, 7) is 3.12. The number of hydrogen-bond donors (Lipinski definition) is 1. The van der Waals surface area contributed by atoms with E-state index >= 15 is 0 Å². The molecule has 1 amide bonds. The molecule has 14 heteroatoms. The van der Waals surface area contributed by atoms with Crippen molar-refractivity contribution < 1.29 is 40.7 Å². The van der Waals surface area contributed by atoms with E-state index in [0.29, 0.717) is 30.0 Å². The number of carbonyl (C=O) groups excluding carboxylic acids is 3. The van der Waals surface area contributed by atoms with Gasteiger partial charge in [0.05, 0.1) is 18.0 Å². The quantitative estimate of drug-likeness (QED) is 0.240. The molecule has 3 heterocycles. The number of halogens is 3. The van der Waals surface area contributed by atoms with Gasteiger partial charge < -0.3 is 15.4 Å². The summed E-state index contributed by atoms with van der Waals surface area (Å²) >= 11 is 0. The molecule has 1 fully saturated rings. The number of nitrogens with two attached hydrogens (primary N) is 1. The number of ether oxygens (including phenoxy) is 1. The van der Waals surface area contributed by atoms with Gasteiger partial charge in [-0.2, -0.15) is 17.5 Å². The van der Waals surface area contributed by atoms with Crippen molar-refractivity contribution in [1.82, 2.24) is 14.1 Å². The lowest BCUT2D eigenvalue weighted by molar-refractivity contribution is -0.186. The van der Waals surface area contributed by atoms with E-state index in [1.165, 1.54) is 18.2 Å². The van der Waals surface area contributed by atoms with Crippen molar-refractivity contribution in [1.29, 1.82) is 0 Å². The number of hydrogen-bond acceptors (Lipinski definition) is 8. The van der Waals surface area contributed by atoms with Crippen LogP contribution in [0.5, 0.6) is 0 Å². The maximum atomic E-state index is 14.4. The lowest BCUT2D eigenvalue weighted by Gasteiger charge is -2.45. The Bertz CT molecular complexity index is 1680. The van der Waals surface area contributed by atoms with Gasteiger partial charge in [-0.15, -0.1) is 0 Å². The second kappa shape index (κ2) is 14.1. The van der Waals surface area contributed by atoms with Gasteiger partial charge in [0.15, 0.2) is 11.3 Å². The van der Waals surface area contributed by atoms with Crippen molar-refractivity contribution in [3.05, 3.63) is 76.9 Å². The van der Waals surface area contributed by atoms with E-state index in [2.05, 4.69) is 4.90 Å². The summed E-state index contributed by atoms with van der Waals surface area (Å²) in [6, 6.07) is 12.8. The molecule has 0 aliphatic carbocycles. The van der Waals surface area contributed by atoms with Crippen LogP contribution < -0.4 is 5.73 Å². The zero-order chi connectivity index (χ0) is 34.9. The molecule has 3 aliphatic heterocycles. The van der Waals surface area contributed by atoms with Crippen LogP contribution >= 0.6 is 0 Å². The minimum atomic E-state index is -5.07. The zero-order valence-electron chi connectivity index (χ0n) is 27.0. The van der Waals surface area contributed by atoms with Crippen molar-refractivity contribution in [2.24, 2.45) is 11.7 Å². The third kappa shape index (κ3) is 7.21. The third-order valence-electron chi connectivity index (χ3n) is 9.51. The Morgan fingerprint density at radius 2 is 1.77 bits per heavy atom. The molecule has 1 saturated heterocycles. The fraction of sp³-hybridized carbons (Fsp3) is 0.500. The average Bonchev–Trinajstić information content (AvgIpc) is 3.06. The lowest BCUT2D eigenvalue weighted by Crippen LogP contribution is -2.68. The van der Waals surface area contributed by atoms with E-state index < -0.39 is 52.0 Å². The van der Waals surface area contributed by atoms with Crippen molar-refractivity contribution in [2.75, 3.05) is 33.3 Å². The molecule has 0 radical (unpaired) electrons. The minimum absolute atomic E-state index is 0.108. The number of sulfonamides is 1. The van der Waals surface area contributed by atoms with Crippen LogP contribution in [0, 0.1) is 5.92 Å². The van der Waals surface area contributed by atoms with Gasteiger partial charge in [-0.1, -0.05) is 55.0 Å². The third-order valence-corrected chi connectivity index (χ3v) is 11.4. The number of fused-ring (bicyclic) bond motifs is 1. The fourth-order valence-corrected chi connectivity index (χ4v) is 8.88. The van der Waals surface area contributed by atoms with E-state index in [-0.39, 0.29) is 48.7 Å². The lowest BCUT2D eigenvalue weighted by atomic mass is 9.76. The second-order valence-corrected chi connectivity index (χ2v) is 14.8. The van der Waals surface area contributed by atoms with Crippen molar-refractivity contribution in [3.8, 4) is 0 Å². The zero-order valence-corrected chi connectivity index (χ0v) is 27.9. The molecule has 2 aromatic rings. The van der Waals surface area contributed by atoms with Crippen molar-refractivity contribution in [2.45, 2.75) is 74.8 Å². The van der Waals surface area contributed by atoms with E-state index in [1.54, 1.807) is 0 Å². The van der Waals surface area contributed by atoms with Crippen LogP contribution in [0.2, 0.25) is 0 Å². The molecule has 1 unspecified atom stereocenters. The number of amides is 1. The average molecular weight is 691 g/mol. The highest BCUT2D eigenvalue weighted by atomic mass is 32.2. The largest absolute Gasteiger partial charge is 0.471 e. The van der Waals surface area contributed by atoms with Crippen molar-refractivity contribution >= 4 is 27.7 Å². The number of benzene rings is 2. The summed E-state index contributed by atoms with van der Waals surface area (Å²) in [7, 11) is -3.51. The number of alkyl halides is 3. The SMILES string of the molecule is COC(=O)[C@]1(C(=O)C(N)CC2=CCCN(Cc3ccccc3)C2)C[C@H](C)CCN1S(=O)(=O)c1ccc2c(c1)CN(C(=O)C(F)(F)F)CC2. The van der Waals surface area contributed by atoms with Gasteiger partial charge in [-0.3, -0.25) is 14.5 Å². The molecule has 10 nitrogen and oxygen atoms in total. The van der Waals surface area contributed by atoms with Gasteiger partial charge in [0.2, 0.25) is 10.0 Å². The first-order chi connectivity index (χ1) is 22.7. The van der Waals surface area contributed by atoms with Crippen LogP contribution in [0.3, 0.4) is 0 Å². The number of piperidine rings is 1. The molecule has 48 heavy (non-hydrogen) atoms. The van der Waals surface area contributed by atoms with E-state index in [9.17, 15) is 36.0 Å². The monoisotopic (exact) mass is 690 g/mol. The Kier molecular flexibility index (Phi) is 10.5. The van der Waals surface area contributed by atoms with Gasteiger partial charge >= 0.3 is 18.1 Å². The summed E-state index contributed by atoms with van der Waals surface area (Å²) in [6.07, 6.45) is -1.88. The molecule has 2 N–H and O–H groups in total. The van der Waals surface area contributed by atoms with Gasteiger partial charge in [0.25, 0.3) is 0 Å². The maximum absolute atomic E-state index is 14.4. The summed E-state index contributed by atoms with van der Waals surface area (Å²) in [5, 5.41) is 0. The Morgan fingerprint density at radius 1 is 1.04 bits per heavy atom. The van der Waals surface area contributed by atoms with Gasteiger partial charge in [0.1, 0.15) is 0 Å². The van der Waals surface area contributed by atoms with Crippen LogP contribution in [0.1, 0.15) is 49.3 Å². The standard InChI is InChI=1S/C34H41F3N4O6S/c1-23-12-16-41(48(45,46)28-11-10-26-13-15-40(22-27(26)18-28)31(43)34(35,36)37)33(19-23,32(44)47-2)30(42)29(38)17-25-9-6-14-39(21-25)20-24-7-4-3-5-8-24/h3-5,7-11,18,23,29H,6,12-17,19-22,38H2,1-2H3/t23-,29?,33-/m1/s1. The van der Waals surface area contributed by atoms with E-state index in [1.807, 2.05) is 43.3 Å². The fourth-order valence-electron chi connectivity index (χ4n) is 7.10. The number of methoxy groups -OCH3 is 1. The smallest absolute Gasteiger partial charge is 0.467 e. The predicted molar refractivity (Wildman–Crippen MR) is 171 cm³/mol. The predicted octanol–water partition coefficient (Wildman–Crippen LogP) is 3.58. The highest BCUT2D eigenvalue weighted by Gasteiger charge is 2.60. The Balaban J connectivity index is 1.42. The molecule has 0 spiro atoms. The van der Waals surface area contributed by atoms with Crippen molar-refractivity contribution in [3.63, 3.8) is 0 Å². The summed E-state index contributed by atoms with van der Waals surface area (Å²) in [4.78, 5) is 42.6. The molecule has 3 atom stereocenters. The van der Waals surface area contributed by atoms with Crippen LogP contribution in [-0.2, 0) is 48.7 Å². The topological polar surface area (TPSA) is 130 Å². The first-order valence-corrected chi connectivity index (χ1v) is 17.4. The summed E-state index contributed by atoms with van der Waals surface area (Å²) in [5.74, 6) is -4.05. The van der Waals surface area contributed by atoms with Gasteiger partial charge in [0, 0.05) is 39.3 Å². The molecule has 0 bridgehead atoms. The Hall–Kier alpha value is -3.59. The molecular formula is C34H41F3N4O6S. The number of nitrogens with zero attached hydrogens (tertiary/aromatic N) is 3. The number of carbonyl (C=O) groups is 3. The van der Waals surface area contributed by atoms with Crippen LogP contribution in [0.15, 0.2) is 65.1 Å². The first-order valence-electron chi connectivity index (χ1n) is 16.0. The first kappa shape index (κ1) is 35.7. The molecule has 0 saturated carbocycles. The number of esters is 1.